The van der Waals surface area contributed by atoms with E-state index in [1.54, 1.807) is 0 Å². The number of anilines is 1. The van der Waals surface area contributed by atoms with E-state index in [9.17, 15) is 4.79 Å². The van der Waals surface area contributed by atoms with E-state index in [1.165, 1.54) is 18.4 Å². The molecule has 80 valence electrons. The molecule has 3 nitrogen and oxygen atoms in total. The van der Waals surface area contributed by atoms with Crippen LogP contribution < -0.4 is 4.90 Å². The zero-order chi connectivity index (χ0) is 10.8. The van der Waals surface area contributed by atoms with Crippen LogP contribution in [-0.2, 0) is 9.53 Å². The van der Waals surface area contributed by atoms with Crippen molar-refractivity contribution >= 4 is 11.7 Å². The fourth-order valence-corrected chi connectivity index (χ4v) is 1.91. The molecule has 0 bridgehead atoms. The molecule has 0 saturated carbocycles. The summed E-state index contributed by atoms with van der Waals surface area (Å²) in [6, 6.07) is 8.22. The predicted octanol–water partition coefficient (Wildman–Crippen LogP) is 1.60. The molecule has 1 heterocycles. The lowest BCUT2D eigenvalue weighted by atomic mass is 9.98. The van der Waals surface area contributed by atoms with Crippen molar-refractivity contribution in [3.63, 3.8) is 0 Å². The SMILES string of the molecule is COC(=O)C1CN(c2ccccc2C)C1. The zero-order valence-electron chi connectivity index (χ0n) is 9.06. The molecule has 0 unspecified atom stereocenters. The first-order valence-corrected chi connectivity index (χ1v) is 5.11. The highest BCUT2D eigenvalue weighted by molar-refractivity contribution is 5.76. The molecule has 0 atom stereocenters. The van der Waals surface area contributed by atoms with Crippen molar-refractivity contribution in [2.45, 2.75) is 6.92 Å². The Bertz CT molecular complexity index is 370. The average molecular weight is 205 g/mol. The van der Waals surface area contributed by atoms with Crippen molar-refractivity contribution < 1.29 is 9.53 Å². The van der Waals surface area contributed by atoms with E-state index in [4.69, 9.17) is 4.74 Å². The van der Waals surface area contributed by atoms with Gasteiger partial charge in [-0.2, -0.15) is 0 Å². The van der Waals surface area contributed by atoms with Crippen molar-refractivity contribution in [3.8, 4) is 0 Å². The van der Waals surface area contributed by atoms with Gasteiger partial charge in [-0.3, -0.25) is 4.79 Å². The summed E-state index contributed by atoms with van der Waals surface area (Å²) < 4.78 is 4.70. The van der Waals surface area contributed by atoms with Gasteiger partial charge < -0.3 is 9.64 Å². The van der Waals surface area contributed by atoms with Gasteiger partial charge in [0.15, 0.2) is 0 Å². The summed E-state index contributed by atoms with van der Waals surface area (Å²) in [7, 11) is 1.44. The summed E-state index contributed by atoms with van der Waals surface area (Å²) in [5.74, 6) is -0.0468. The Hall–Kier alpha value is -1.51. The molecule has 1 fully saturated rings. The Kier molecular flexibility index (Phi) is 2.62. The van der Waals surface area contributed by atoms with Crippen molar-refractivity contribution in [1.82, 2.24) is 0 Å². The Morgan fingerprint density at radius 1 is 1.40 bits per heavy atom. The Labute approximate surface area is 89.7 Å². The van der Waals surface area contributed by atoms with Gasteiger partial charge in [-0.1, -0.05) is 18.2 Å². The first kappa shape index (κ1) is 10.0. The first-order valence-electron chi connectivity index (χ1n) is 5.11. The second-order valence-electron chi connectivity index (χ2n) is 3.91. The fourth-order valence-electron chi connectivity index (χ4n) is 1.91. The minimum atomic E-state index is -0.0974. The van der Waals surface area contributed by atoms with Gasteiger partial charge in [-0.25, -0.2) is 0 Å². The van der Waals surface area contributed by atoms with Crippen LogP contribution in [0, 0.1) is 12.8 Å². The molecule has 0 N–H and O–H groups in total. The molecule has 1 aliphatic rings. The average Bonchev–Trinajstić information content (AvgIpc) is 2.18. The minimum absolute atomic E-state index is 0.0506. The standard InChI is InChI=1S/C12H15NO2/c1-9-5-3-4-6-11(9)13-7-10(8-13)12(14)15-2/h3-6,10H,7-8H2,1-2H3. The quantitative estimate of drug-likeness (QED) is 0.687. The molecule has 1 aromatic carbocycles. The lowest BCUT2D eigenvalue weighted by Gasteiger charge is -2.40. The number of esters is 1. The zero-order valence-corrected chi connectivity index (χ0v) is 9.06. The van der Waals surface area contributed by atoms with Crippen LogP contribution in [0.1, 0.15) is 5.56 Å². The molecular weight excluding hydrogens is 190 g/mol. The smallest absolute Gasteiger partial charge is 0.312 e. The molecular formula is C12H15NO2. The summed E-state index contributed by atoms with van der Waals surface area (Å²) in [5, 5.41) is 0. The molecule has 1 aromatic rings. The summed E-state index contributed by atoms with van der Waals surface area (Å²) in [6.45, 7) is 3.63. The van der Waals surface area contributed by atoms with Crippen LogP contribution in [0.2, 0.25) is 0 Å². The Morgan fingerprint density at radius 2 is 2.07 bits per heavy atom. The number of para-hydroxylation sites is 1. The van der Waals surface area contributed by atoms with Crippen LogP contribution >= 0.6 is 0 Å². The van der Waals surface area contributed by atoms with Crippen molar-refractivity contribution in [2.24, 2.45) is 5.92 Å². The maximum atomic E-state index is 11.2. The van der Waals surface area contributed by atoms with E-state index in [-0.39, 0.29) is 11.9 Å². The highest BCUT2D eigenvalue weighted by Crippen LogP contribution is 2.27. The van der Waals surface area contributed by atoms with Crippen LogP contribution in [0.3, 0.4) is 0 Å². The molecule has 0 aliphatic carbocycles. The Morgan fingerprint density at radius 3 is 2.67 bits per heavy atom. The maximum Gasteiger partial charge on any atom is 0.312 e. The second kappa shape index (κ2) is 3.93. The van der Waals surface area contributed by atoms with Crippen molar-refractivity contribution in [3.05, 3.63) is 29.8 Å². The van der Waals surface area contributed by atoms with Crippen molar-refractivity contribution in [1.29, 1.82) is 0 Å². The maximum absolute atomic E-state index is 11.2. The number of carbonyl (C=O) groups is 1. The summed E-state index contributed by atoms with van der Waals surface area (Å²) >= 11 is 0. The number of ether oxygens (including phenoxy) is 1. The topological polar surface area (TPSA) is 29.5 Å². The molecule has 0 spiro atoms. The van der Waals surface area contributed by atoms with Gasteiger partial charge in [0.25, 0.3) is 0 Å². The number of hydrogen-bond donors (Lipinski definition) is 0. The third-order valence-corrected chi connectivity index (χ3v) is 2.87. The van der Waals surface area contributed by atoms with E-state index in [2.05, 4.69) is 24.0 Å². The fraction of sp³-hybridized carbons (Fsp3) is 0.417. The lowest BCUT2D eigenvalue weighted by molar-refractivity contribution is -0.146. The molecule has 2 rings (SSSR count). The van der Waals surface area contributed by atoms with E-state index >= 15 is 0 Å². The molecule has 0 aromatic heterocycles. The first-order chi connectivity index (χ1) is 7.22. The van der Waals surface area contributed by atoms with E-state index in [0.717, 1.165) is 13.1 Å². The second-order valence-corrected chi connectivity index (χ2v) is 3.91. The normalized spacial score (nSPS) is 16.0. The number of methoxy groups -OCH3 is 1. The molecule has 0 amide bonds. The number of carbonyl (C=O) groups excluding carboxylic acids is 1. The van der Waals surface area contributed by atoms with Gasteiger partial charge in [0.05, 0.1) is 13.0 Å². The number of rotatable bonds is 2. The summed E-state index contributed by atoms with van der Waals surface area (Å²) in [5.41, 5.74) is 2.47. The highest BCUT2D eigenvalue weighted by atomic mass is 16.5. The predicted molar refractivity (Wildman–Crippen MR) is 58.9 cm³/mol. The molecule has 15 heavy (non-hydrogen) atoms. The molecule has 1 saturated heterocycles. The number of nitrogens with zero attached hydrogens (tertiary/aromatic N) is 1. The molecule has 3 heteroatoms. The van der Waals surface area contributed by atoms with E-state index < -0.39 is 0 Å². The summed E-state index contributed by atoms with van der Waals surface area (Å²) in [6.07, 6.45) is 0. The van der Waals surface area contributed by atoms with Gasteiger partial charge >= 0.3 is 5.97 Å². The monoisotopic (exact) mass is 205 g/mol. The lowest BCUT2D eigenvalue weighted by Crippen LogP contribution is -2.51. The molecule has 0 radical (unpaired) electrons. The van der Waals surface area contributed by atoms with Gasteiger partial charge in [-0.05, 0) is 18.6 Å². The third-order valence-electron chi connectivity index (χ3n) is 2.87. The van der Waals surface area contributed by atoms with Crippen molar-refractivity contribution in [2.75, 3.05) is 25.1 Å². The highest BCUT2D eigenvalue weighted by Gasteiger charge is 2.33. The Balaban J connectivity index is 2.00. The number of benzene rings is 1. The van der Waals surface area contributed by atoms with Gasteiger partial charge in [-0.15, -0.1) is 0 Å². The summed E-state index contributed by atoms with van der Waals surface area (Å²) in [4.78, 5) is 13.4. The van der Waals surface area contributed by atoms with Gasteiger partial charge in [0.1, 0.15) is 0 Å². The molecule has 1 aliphatic heterocycles. The van der Waals surface area contributed by atoms with Crippen LogP contribution in [0.5, 0.6) is 0 Å². The largest absolute Gasteiger partial charge is 0.469 e. The van der Waals surface area contributed by atoms with Crippen LogP contribution in [0.4, 0.5) is 5.69 Å². The third kappa shape index (κ3) is 1.82. The van der Waals surface area contributed by atoms with Gasteiger partial charge in [0.2, 0.25) is 0 Å². The van der Waals surface area contributed by atoms with E-state index in [1.807, 2.05) is 12.1 Å². The van der Waals surface area contributed by atoms with E-state index in [0.29, 0.717) is 0 Å². The number of aryl methyl sites for hydroxylation is 1. The minimum Gasteiger partial charge on any atom is -0.469 e. The van der Waals surface area contributed by atoms with Gasteiger partial charge in [0, 0.05) is 18.8 Å². The van der Waals surface area contributed by atoms with Crippen LogP contribution in [-0.4, -0.2) is 26.2 Å². The van der Waals surface area contributed by atoms with Crippen LogP contribution in [0.25, 0.3) is 0 Å². The number of hydrogen-bond acceptors (Lipinski definition) is 3. The van der Waals surface area contributed by atoms with Crippen LogP contribution in [0.15, 0.2) is 24.3 Å².